The average molecular weight is 390 g/mol. The highest BCUT2D eigenvalue weighted by Crippen LogP contribution is 2.32. The summed E-state index contributed by atoms with van der Waals surface area (Å²) in [7, 11) is -3.22. The molecule has 144 valence electrons. The van der Waals surface area contributed by atoms with Crippen LogP contribution in [0.4, 0.5) is 4.79 Å². The van der Waals surface area contributed by atoms with Gasteiger partial charge in [0.15, 0.2) is 21.3 Å². The van der Waals surface area contributed by atoms with E-state index in [-0.39, 0.29) is 17.7 Å². The Kier molecular flexibility index (Phi) is 5.55. The number of ether oxygens (including phenoxy) is 2. The number of hydrogen-bond acceptors (Lipinski definition) is 5. The summed E-state index contributed by atoms with van der Waals surface area (Å²) < 4.78 is 33.6. The second-order valence-corrected chi connectivity index (χ2v) is 8.29. The van der Waals surface area contributed by atoms with Crippen LogP contribution in [0.3, 0.4) is 0 Å². The van der Waals surface area contributed by atoms with Gasteiger partial charge >= 0.3 is 6.03 Å². The summed E-state index contributed by atoms with van der Waals surface area (Å²) in [5.74, 6) is 1.40. The number of nitrogens with zero attached hydrogens (tertiary/aromatic N) is 1. The molecule has 1 N–H and O–H groups in total. The fourth-order valence-electron chi connectivity index (χ4n) is 2.73. The lowest BCUT2D eigenvalue weighted by Crippen LogP contribution is -2.39. The summed E-state index contributed by atoms with van der Waals surface area (Å²) in [6.45, 7) is 3.45. The Bertz CT molecular complexity index is 926. The summed E-state index contributed by atoms with van der Waals surface area (Å²) in [5, 5.41) is 2.86. The summed E-state index contributed by atoms with van der Waals surface area (Å²) in [6, 6.07) is 11.9. The predicted octanol–water partition coefficient (Wildman–Crippen LogP) is 2.55. The highest BCUT2D eigenvalue weighted by molar-refractivity contribution is 7.90. The quantitative estimate of drug-likeness (QED) is 0.819. The number of rotatable bonds is 6. The molecule has 1 aliphatic rings. The molecule has 0 aliphatic carbocycles. The molecule has 0 saturated heterocycles. The van der Waals surface area contributed by atoms with Crippen molar-refractivity contribution in [1.82, 2.24) is 10.2 Å². The van der Waals surface area contributed by atoms with Gasteiger partial charge in [-0.15, -0.1) is 0 Å². The summed E-state index contributed by atoms with van der Waals surface area (Å²) in [6.07, 6.45) is 1.17. The van der Waals surface area contributed by atoms with Crippen LogP contribution in [0.2, 0.25) is 0 Å². The van der Waals surface area contributed by atoms with Gasteiger partial charge in [-0.2, -0.15) is 0 Å². The van der Waals surface area contributed by atoms with Gasteiger partial charge in [-0.25, -0.2) is 13.2 Å². The van der Waals surface area contributed by atoms with Crippen molar-refractivity contribution in [2.75, 3.05) is 19.6 Å². The van der Waals surface area contributed by atoms with Gasteiger partial charge in [0, 0.05) is 25.9 Å². The predicted molar refractivity (Wildman–Crippen MR) is 100 cm³/mol. The second-order valence-electron chi connectivity index (χ2n) is 6.28. The lowest BCUT2D eigenvalue weighted by atomic mass is 10.2. The number of carbonyl (C=O) groups excluding carboxylic acids is 1. The van der Waals surface area contributed by atoms with Crippen LogP contribution in [-0.4, -0.2) is 38.9 Å². The van der Waals surface area contributed by atoms with E-state index in [1.807, 2.05) is 25.1 Å². The fraction of sp³-hybridized carbons (Fsp3) is 0.316. The molecule has 3 rings (SSSR count). The highest BCUT2D eigenvalue weighted by Gasteiger charge is 2.16. The normalized spacial score (nSPS) is 12.7. The maximum Gasteiger partial charge on any atom is 0.317 e. The molecule has 1 heterocycles. The first-order valence-electron chi connectivity index (χ1n) is 8.57. The van der Waals surface area contributed by atoms with Crippen LogP contribution in [0.25, 0.3) is 0 Å². The third kappa shape index (κ3) is 4.71. The fourth-order valence-corrected chi connectivity index (χ4v) is 3.36. The van der Waals surface area contributed by atoms with E-state index in [0.717, 1.165) is 11.1 Å². The largest absolute Gasteiger partial charge is 0.454 e. The number of fused-ring (bicyclic) bond motifs is 1. The molecule has 0 atom stereocenters. The first-order valence-corrected chi connectivity index (χ1v) is 10.5. The minimum atomic E-state index is -3.22. The Morgan fingerprint density at radius 1 is 1.07 bits per heavy atom. The van der Waals surface area contributed by atoms with Crippen molar-refractivity contribution in [3.05, 3.63) is 53.6 Å². The summed E-state index contributed by atoms with van der Waals surface area (Å²) in [5.41, 5.74) is 1.78. The molecular formula is C19H22N2O5S. The molecule has 1 aliphatic heterocycles. The lowest BCUT2D eigenvalue weighted by Gasteiger charge is -2.21. The molecule has 0 saturated carbocycles. The molecule has 27 heavy (non-hydrogen) atoms. The van der Waals surface area contributed by atoms with E-state index in [2.05, 4.69) is 5.32 Å². The molecule has 2 amide bonds. The minimum Gasteiger partial charge on any atom is -0.454 e. The summed E-state index contributed by atoms with van der Waals surface area (Å²) in [4.78, 5) is 14.4. The van der Waals surface area contributed by atoms with Gasteiger partial charge in [0.05, 0.1) is 4.90 Å². The van der Waals surface area contributed by atoms with Gasteiger partial charge in [0.1, 0.15) is 0 Å². The number of amides is 2. The molecule has 2 aromatic carbocycles. The number of carbonyl (C=O) groups is 1. The van der Waals surface area contributed by atoms with Crippen LogP contribution < -0.4 is 14.8 Å². The first-order chi connectivity index (χ1) is 12.9. The van der Waals surface area contributed by atoms with E-state index in [0.29, 0.717) is 31.1 Å². The third-order valence-corrected chi connectivity index (χ3v) is 5.40. The topological polar surface area (TPSA) is 84.9 Å². The Balaban J connectivity index is 1.58. The van der Waals surface area contributed by atoms with Crippen LogP contribution in [0.5, 0.6) is 11.5 Å². The van der Waals surface area contributed by atoms with E-state index in [9.17, 15) is 13.2 Å². The zero-order valence-electron chi connectivity index (χ0n) is 15.3. The molecule has 0 unspecified atom stereocenters. The molecule has 7 nitrogen and oxygen atoms in total. The molecule has 0 radical (unpaired) electrons. The molecular weight excluding hydrogens is 368 g/mol. The second kappa shape index (κ2) is 7.87. The van der Waals surface area contributed by atoms with Gasteiger partial charge in [-0.1, -0.05) is 18.2 Å². The molecule has 0 spiro atoms. The van der Waals surface area contributed by atoms with Crippen LogP contribution in [0.15, 0.2) is 47.4 Å². The minimum absolute atomic E-state index is 0.192. The van der Waals surface area contributed by atoms with Crippen LogP contribution >= 0.6 is 0 Å². The van der Waals surface area contributed by atoms with Crippen molar-refractivity contribution >= 4 is 15.9 Å². The lowest BCUT2D eigenvalue weighted by molar-refractivity contribution is 0.173. The van der Waals surface area contributed by atoms with E-state index in [4.69, 9.17) is 9.47 Å². The standard InChI is InChI=1S/C19H22N2O5S/c1-3-21(12-15-6-9-17-18(10-15)26-13-25-17)19(22)20-11-14-4-7-16(8-5-14)27(2,23)24/h4-10H,3,11-13H2,1-2H3,(H,20,22). The van der Waals surface area contributed by atoms with Crippen molar-refractivity contribution in [2.45, 2.75) is 24.9 Å². The number of sulfone groups is 1. The highest BCUT2D eigenvalue weighted by atomic mass is 32.2. The van der Waals surface area contributed by atoms with Crippen LogP contribution in [0, 0.1) is 0 Å². The van der Waals surface area contributed by atoms with Gasteiger partial charge in [0.2, 0.25) is 6.79 Å². The first kappa shape index (κ1) is 19.0. The van der Waals surface area contributed by atoms with E-state index in [1.54, 1.807) is 29.2 Å². The third-order valence-electron chi connectivity index (χ3n) is 4.27. The maximum atomic E-state index is 12.5. The van der Waals surface area contributed by atoms with Crippen molar-refractivity contribution < 1.29 is 22.7 Å². The Hall–Kier alpha value is -2.74. The number of benzene rings is 2. The molecule has 0 aromatic heterocycles. The zero-order chi connectivity index (χ0) is 19.4. The van der Waals surface area contributed by atoms with Crippen molar-refractivity contribution in [2.24, 2.45) is 0 Å². The van der Waals surface area contributed by atoms with Gasteiger partial charge < -0.3 is 19.7 Å². The van der Waals surface area contributed by atoms with Crippen LogP contribution in [0.1, 0.15) is 18.1 Å². The SMILES string of the molecule is CCN(Cc1ccc2c(c1)OCO2)C(=O)NCc1ccc(S(C)(=O)=O)cc1. The number of hydrogen-bond donors (Lipinski definition) is 1. The number of nitrogens with one attached hydrogen (secondary N) is 1. The van der Waals surface area contributed by atoms with Crippen LogP contribution in [-0.2, 0) is 22.9 Å². The Morgan fingerprint density at radius 2 is 1.74 bits per heavy atom. The average Bonchev–Trinajstić information content (AvgIpc) is 3.11. The maximum absolute atomic E-state index is 12.5. The van der Waals surface area contributed by atoms with Gasteiger partial charge in [0.25, 0.3) is 0 Å². The monoisotopic (exact) mass is 390 g/mol. The molecule has 0 bridgehead atoms. The Labute approximate surface area is 158 Å². The van der Waals surface area contributed by atoms with Gasteiger partial charge in [-0.3, -0.25) is 0 Å². The van der Waals surface area contributed by atoms with Crippen molar-refractivity contribution in [3.63, 3.8) is 0 Å². The molecule has 0 fully saturated rings. The molecule has 8 heteroatoms. The van der Waals surface area contributed by atoms with Gasteiger partial charge in [-0.05, 0) is 42.3 Å². The summed E-state index contributed by atoms with van der Waals surface area (Å²) >= 11 is 0. The molecule has 2 aromatic rings. The van der Waals surface area contributed by atoms with E-state index >= 15 is 0 Å². The van der Waals surface area contributed by atoms with Crippen molar-refractivity contribution in [3.8, 4) is 11.5 Å². The zero-order valence-corrected chi connectivity index (χ0v) is 16.1. The van der Waals surface area contributed by atoms with E-state index < -0.39 is 9.84 Å². The Morgan fingerprint density at radius 3 is 2.41 bits per heavy atom. The smallest absolute Gasteiger partial charge is 0.317 e. The number of urea groups is 1. The van der Waals surface area contributed by atoms with Crippen molar-refractivity contribution in [1.29, 1.82) is 0 Å². The van der Waals surface area contributed by atoms with E-state index in [1.165, 1.54) is 6.26 Å².